The minimum atomic E-state index is 0.802. The monoisotopic (exact) mass is 236 g/mol. The summed E-state index contributed by atoms with van der Waals surface area (Å²) in [6.07, 6.45) is 16.1. The number of allylic oxidation sites excluding steroid dienone is 2. The van der Waals surface area contributed by atoms with Crippen molar-refractivity contribution in [1.82, 2.24) is 0 Å². The second kappa shape index (κ2) is 12.2. The average molecular weight is 236 g/mol. The molecule has 0 saturated carbocycles. The molecule has 0 aromatic rings. The van der Waals surface area contributed by atoms with Gasteiger partial charge in [-0.25, -0.2) is 0 Å². The number of hydrogen-bond acceptors (Lipinski definition) is 0. The predicted molar refractivity (Wildman–Crippen MR) is 79.7 cm³/mol. The van der Waals surface area contributed by atoms with E-state index >= 15 is 0 Å². The summed E-state index contributed by atoms with van der Waals surface area (Å²) in [4.78, 5) is 0. The van der Waals surface area contributed by atoms with E-state index in [1.807, 2.05) is 0 Å². The van der Waals surface area contributed by atoms with Gasteiger partial charge in [-0.3, -0.25) is 0 Å². The van der Waals surface area contributed by atoms with Gasteiger partial charge in [0.05, 0.1) is 0 Å². The van der Waals surface area contributed by atoms with Crippen molar-refractivity contribution in [3.63, 3.8) is 0 Å². The lowest BCUT2D eigenvalue weighted by molar-refractivity contribution is 0.494. The molecule has 0 N–H and O–H groups in total. The highest BCUT2D eigenvalue weighted by Crippen LogP contribution is 2.15. The van der Waals surface area contributed by atoms with Gasteiger partial charge in [0.1, 0.15) is 0 Å². The van der Waals surface area contributed by atoms with Crippen LogP contribution in [0.15, 0.2) is 12.2 Å². The SMILES string of the molecule is [CH2]CCCCCC(C)CC=CCC(C)CC[CH2]. The van der Waals surface area contributed by atoms with Crippen molar-refractivity contribution in [1.29, 1.82) is 0 Å². The molecule has 0 saturated heterocycles. The summed E-state index contributed by atoms with van der Waals surface area (Å²) >= 11 is 0. The first-order valence-corrected chi connectivity index (χ1v) is 7.44. The Hall–Kier alpha value is -0.260. The largest absolute Gasteiger partial charge is 0.0883 e. The summed E-state index contributed by atoms with van der Waals surface area (Å²) in [5, 5.41) is 0. The standard InChI is InChI=1S/C17H32/c1-5-7-8-9-13-17(4)15-11-10-14-16(3)12-6-2/h10-11,16-17H,1-2,5-9,12-15H2,3-4H3. The Labute approximate surface area is 110 Å². The molecule has 2 unspecified atom stereocenters. The van der Waals surface area contributed by atoms with Crippen molar-refractivity contribution in [3.05, 3.63) is 26.0 Å². The highest BCUT2D eigenvalue weighted by atomic mass is 14.1. The van der Waals surface area contributed by atoms with Crippen molar-refractivity contribution in [2.75, 3.05) is 0 Å². The van der Waals surface area contributed by atoms with E-state index in [2.05, 4.69) is 39.8 Å². The van der Waals surface area contributed by atoms with Gasteiger partial charge in [0.2, 0.25) is 0 Å². The van der Waals surface area contributed by atoms with Crippen LogP contribution in [0.3, 0.4) is 0 Å². The van der Waals surface area contributed by atoms with E-state index in [1.54, 1.807) is 0 Å². The molecule has 2 radical (unpaired) electrons. The molecule has 17 heavy (non-hydrogen) atoms. The zero-order valence-electron chi connectivity index (χ0n) is 12.1. The Morgan fingerprint density at radius 1 is 0.765 bits per heavy atom. The Bertz CT molecular complexity index is 169. The fourth-order valence-corrected chi connectivity index (χ4v) is 2.09. The van der Waals surface area contributed by atoms with E-state index in [0.29, 0.717) is 0 Å². The lowest BCUT2D eigenvalue weighted by Gasteiger charge is -2.09. The molecule has 0 aromatic heterocycles. The van der Waals surface area contributed by atoms with Crippen LogP contribution in [0.25, 0.3) is 0 Å². The molecule has 0 rings (SSSR count). The molecule has 0 aromatic carbocycles. The van der Waals surface area contributed by atoms with Crippen LogP contribution in [-0.2, 0) is 0 Å². The van der Waals surface area contributed by atoms with E-state index < -0.39 is 0 Å². The van der Waals surface area contributed by atoms with E-state index in [1.165, 1.54) is 44.9 Å². The summed E-state index contributed by atoms with van der Waals surface area (Å²) in [7, 11) is 0. The molecular weight excluding hydrogens is 204 g/mol. The molecule has 0 heterocycles. The fourth-order valence-electron chi connectivity index (χ4n) is 2.09. The molecule has 0 spiro atoms. The van der Waals surface area contributed by atoms with Gasteiger partial charge in [0, 0.05) is 0 Å². The van der Waals surface area contributed by atoms with E-state index in [0.717, 1.165) is 24.7 Å². The van der Waals surface area contributed by atoms with E-state index in [-0.39, 0.29) is 0 Å². The van der Waals surface area contributed by atoms with Crippen LogP contribution >= 0.6 is 0 Å². The van der Waals surface area contributed by atoms with Gasteiger partial charge in [0.15, 0.2) is 0 Å². The summed E-state index contributed by atoms with van der Waals surface area (Å²) in [6, 6.07) is 0. The summed E-state index contributed by atoms with van der Waals surface area (Å²) in [5.74, 6) is 1.65. The number of rotatable bonds is 11. The molecule has 0 bridgehead atoms. The van der Waals surface area contributed by atoms with Crippen molar-refractivity contribution in [2.24, 2.45) is 11.8 Å². The Balaban J connectivity index is 3.42. The summed E-state index contributed by atoms with van der Waals surface area (Å²) in [6.45, 7) is 12.5. The highest BCUT2D eigenvalue weighted by molar-refractivity contribution is 4.84. The second-order valence-corrected chi connectivity index (χ2v) is 5.50. The van der Waals surface area contributed by atoms with Crippen LogP contribution in [0, 0.1) is 25.7 Å². The Kier molecular flexibility index (Phi) is 12.0. The van der Waals surface area contributed by atoms with E-state index in [4.69, 9.17) is 0 Å². The topological polar surface area (TPSA) is 0 Å². The van der Waals surface area contributed by atoms with Gasteiger partial charge < -0.3 is 0 Å². The summed E-state index contributed by atoms with van der Waals surface area (Å²) in [5.41, 5.74) is 0. The molecule has 0 aliphatic carbocycles. The first kappa shape index (κ1) is 16.7. The molecule has 2 atom stereocenters. The van der Waals surface area contributed by atoms with Gasteiger partial charge in [0.25, 0.3) is 0 Å². The molecular formula is C17H32. The smallest absolute Gasteiger partial charge is 0.0325 e. The maximum absolute atomic E-state index is 3.90. The minimum Gasteiger partial charge on any atom is -0.0883 e. The molecule has 0 heteroatoms. The quantitative estimate of drug-likeness (QED) is 0.305. The van der Waals surface area contributed by atoms with Crippen molar-refractivity contribution >= 4 is 0 Å². The third-order valence-corrected chi connectivity index (χ3v) is 3.39. The molecule has 100 valence electrons. The van der Waals surface area contributed by atoms with Crippen molar-refractivity contribution in [3.8, 4) is 0 Å². The normalized spacial score (nSPS) is 15.3. The maximum atomic E-state index is 3.90. The van der Waals surface area contributed by atoms with Crippen LogP contribution in [0.2, 0.25) is 0 Å². The van der Waals surface area contributed by atoms with Crippen LogP contribution in [0.5, 0.6) is 0 Å². The number of unbranched alkanes of at least 4 members (excludes halogenated alkanes) is 3. The third-order valence-electron chi connectivity index (χ3n) is 3.39. The zero-order chi connectivity index (χ0) is 12.9. The molecule has 0 fully saturated rings. The highest BCUT2D eigenvalue weighted by Gasteiger charge is 2.00. The van der Waals surface area contributed by atoms with Crippen LogP contribution in [-0.4, -0.2) is 0 Å². The van der Waals surface area contributed by atoms with Crippen molar-refractivity contribution in [2.45, 2.75) is 71.6 Å². The third kappa shape index (κ3) is 12.0. The molecule has 0 amide bonds. The lowest BCUT2D eigenvalue weighted by Crippen LogP contribution is -1.94. The van der Waals surface area contributed by atoms with Gasteiger partial charge in [-0.2, -0.15) is 0 Å². The van der Waals surface area contributed by atoms with E-state index in [9.17, 15) is 0 Å². The first-order valence-electron chi connectivity index (χ1n) is 7.44. The van der Waals surface area contributed by atoms with Gasteiger partial charge in [-0.05, 0) is 24.7 Å². The van der Waals surface area contributed by atoms with Crippen LogP contribution in [0.1, 0.15) is 71.6 Å². The predicted octanol–water partition coefficient (Wildman–Crippen LogP) is 5.99. The molecule has 0 aliphatic rings. The number of hydrogen-bond donors (Lipinski definition) is 0. The minimum absolute atomic E-state index is 0.802. The average Bonchev–Trinajstić information content (AvgIpc) is 2.31. The zero-order valence-corrected chi connectivity index (χ0v) is 12.1. The van der Waals surface area contributed by atoms with Crippen LogP contribution in [0.4, 0.5) is 0 Å². The summed E-state index contributed by atoms with van der Waals surface area (Å²) < 4.78 is 0. The molecule has 0 aliphatic heterocycles. The lowest BCUT2D eigenvalue weighted by atomic mass is 9.98. The van der Waals surface area contributed by atoms with Crippen molar-refractivity contribution < 1.29 is 0 Å². The Morgan fingerprint density at radius 2 is 1.35 bits per heavy atom. The maximum Gasteiger partial charge on any atom is -0.0325 e. The Morgan fingerprint density at radius 3 is 1.88 bits per heavy atom. The molecule has 0 nitrogen and oxygen atoms in total. The fraction of sp³-hybridized carbons (Fsp3) is 0.765. The van der Waals surface area contributed by atoms with Gasteiger partial charge in [-0.15, -0.1) is 0 Å². The van der Waals surface area contributed by atoms with Crippen LogP contribution < -0.4 is 0 Å². The van der Waals surface area contributed by atoms with Gasteiger partial charge >= 0.3 is 0 Å². The second-order valence-electron chi connectivity index (χ2n) is 5.50. The first-order chi connectivity index (χ1) is 8.20. The van der Waals surface area contributed by atoms with Gasteiger partial charge in [-0.1, -0.05) is 84.8 Å².